The Kier molecular flexibility index (Phi) is 5.93. The van der Waals surface area contributed by atoms with Crippen LogP contribution in [0.2, 0.25) is 0 Å². The van der Waals surface area contributed by atoms with E-state index in [0.717, 1.165) is 0 Å². The molecule has 0 aliphatic rings. The topological polar surface area (TPSA) is 225 Å². The third-order valence-corrected chi connectivity index (χ3v) is 7.25. The van der Waals surface area contributed by atoms with Gasteiger partial charge in [0.1, 0.15) is 6.29 Å². The molecule has 0 aliphatic heterocycles. The lowest BCUT2D eigenvalue weighted by atomic mass is 10.8. The Hall–Kier alpha value is -1.04. The normalized spacial score (nSPS) is 15.5. The molecule has 22 heavy (non-hydrogen) atoms. The van der Waals surface area contributed by atoms with E-state index in [1.54, 1.807) is 10.1 Å². The Labute approximate surface area is 128 Å². The zero-order chi connectivity index (χ0) is 18.1. The summed E-state index contributed by atoms with van der Waals surface area (Å²) in [4.78, 5) is 11.0. The highest BCUT2D eigenvalue weighted by atomic mass is 32.3. The molecular weight excluding hydrogens is 364 g/mol. The number of nitrogens with one attached hydrogen (secondary N) is 2. The van der Waals surface area contributed by atoms with Gasteiger partial charge in [0, 0.05) is 12.5 Å². The van der Waals surface area contributed by atoms with Gasteiger partial charge in [0.05, 0.1) is 6.26 Å². The summed E-state index contributed by atoms with van der Waals surface area (Å²) in [7, 11) is -13.3. The first-order valence-corrected chi connectivity index (χ1v) is 10.9. The number of sulfone groups is 2. The first-order valence-electron chi connectivity index (χ1n) is 5.20. The Morgan fingerprint density at radius 3 is 1.64 bits per heavy atom. The SMILES string of the molecule is CS(=O)(=O)NC(N)N(NC(N)=O)C(N)(S(C)(=O)=O)S(C)(=O)=O. The Morgan fingerprint density at radius 1 is 1.05 bits per heavy atom. The summed E-state index contributed by atoms with van der Waals surface area (Å²) in [5, 5.41) is -0.0128. The van der Waals surface area contributed by atoms with Gasteiger partial charge in [-0.15, -0.1) is 5.01 Å². The molecule has 1 atom stereocenters. The number of carbonyl (C=O) groups is 1. The molecule has 16 heteroatoms. The number of amides is 2. The maximum Gasteiger partial charge on any atom is 0.326 e. The number of primary amides is 1. The molecule has 13 nitrogen and oxygen atoms in total. The molecule has 0 bridgehead atoms. The molecule has 8 N–H and O–H groups in total. The number of nitrogens with two attached hydrogens (primary N) is 3. The van der Waals surface area contributed by atoms with Crippen LogP contribution >= 0.6 is 0 Å². The molecule has 0 heterocycles. The summed E-state index contributed by atoms with van der Waals surface area (Å²) >= 11 is 0. The van der Waals surface area contributed by atoms with E-state index < -0.39 is 46.3 Å². The van der Waals surface area contributed by atoms with E-state index in [2.05, 4.69) is 0 Å². The second-order valence-electron chi connectivity index (χ2n) is 4.36. The van der Waals surface area contributed by atoms with Crippen LogP contribution in [0.15, 0.2) is 0 Å². The largest absolute Gasteiger partial charge is 0.351 e. The first-order chi connectivity index (χ1) is 9.43. The van der Waals surface area contributed by atoms with E-state index in [-0.39, 0.29) is 5.01 Å². The minimum atomic E-state index is -4.64. The van der Waals surface area contributed by atoms with Crippen LogP contribution < -0.4 is 27.3 Å². The standard InChI is InChI=1S/C6H18N6O7S3/c1-20(14,15)6(9,21(2,16)17)12(10-5(8)13)4(7)11-22(3,18)19/h4,11H,7,9H2,1-3H3,(H3,8,10,13). The van der Waals surface area contributed by atoms with Gasteiger partial charge in [0.2, 0.25) is 10.0 Å². The van der Waals surface area contributed by atoms with Crippen LogP contribution in [-0.4, -0.2) is 65.7 Å². The number of hydrazine groups is 1. The van der Waals surface area contributed by atoms with Gasteiger partial charge in [-0.2, -0.15) is 4.72 Å². The molecule has 0 aromatic carbocycles. The van der Waals surface area contributed by atoms with Crippen LogP contribution in [0.3, 0.4) is 0 Å². The number of nitrogens with zero attached hydrogens (tertiary/aromatic N) is 1. The maximum absolute atomic E-state index is 11.8. The van der Waals surface area contributed by atoms with Crippen molar-refractivity contribution in [3.63, 3.8) is 0 Å². The van der Waals surface area contributed by atoms with Crippen LogP contribution in [0, 0.1) is 0 Å². The number of sulfonamides is 1. The van der Waals surface area contributed by atoms with Gasteiger partial charge in [-0.3, -0.25) is 11.2 Å². The summed E-state index contributed by atoms with van der Waals surface area (Å²) in [6.45, 7) is 0. The zero-order valence-electron chi connectivity index (χ0n) is 11.8. The quantitative estimate of drug-likeness (QED) is 0.209. The smallest absolute Gasteiger partial charge is 0.326 e. The fourth-order valence-corrected chi connectivity index (χ4v) is 5.14. The second kappa shape index (κ2) is 6.22. The average Bonchev–Trinajstić information content (AvgIpc) is 2.18. The lowest BCUT2D eigenvalue weighted by Crippen LogP contribution is -2.76. The first kappa shape index (κ1) is 21.0. The highest BCUT2D eigenvalue weighted by Crippen LogP contribution is 2.21. The van der Waals surface area contributed by atoms with Crippen LogP contribution in [0.1, 0.15) is 0 Å². The van der Waals surface area contributed by atoms with Gasteiger partial charge in [0.15, 0.2) is 19.7 Å². The predicted octanol–water partition coefficient (Wildman–Crippen LogP) is -4.68. The van der Waals surface area contributed by atoms with Crippen LogP contribution in [-0.2, 0) is 29.7 Å². The van der Waals surface area contributed by atoms with Crippen molar-refractivity contribution in [1.29, 1.82) is 0 Å². The summed E-state index contributed by atoms with van der Waals surface area (Å²) in [6.07, 6.45) is -0.473. The van der Waals surface area contributed by atoms with E-state index in [9.17, 15) is 30.0 Å². The van der Waals surface area contributed by atoms with Crippen molar-refractivity contribution >= 4 is 35.7 Å². The van der Waals surface area contributed by atoms with Crippen molar-refractivity contribution < 1.29 is 30.0 Å². The third-order valence-electron chi connectivity index (χ3n) is 2.24. The maximum atomic E-state index is 11.8. The van der Waals surface area contributed by atoms with Crippen LogP contribution in [0.5, 0.6) is 0 Å². The van der Waals surface area contributed by atoms with Crippen molar-refractivity contribution in [2.24, 2.45) is 17.2 Å². The molecule has 0 radical (unpaired) electrons. The van der Waals surface area contributed by atoms with Crippen molar-refractivity contribution in [3.05, 3.63) is 0 Å². The summed E-state index contributed by atoms with van der Waals surface area (Å²) in [6, 6.07) is -1.42. The predicted molar refractivity (Wildman–Crippen MR) is 77.1 cm³/mol. The van der Waals surface area contributed by atoms with E-state index in [0.29, 0.717) is 18.8 Å². The molecular formula is C6H18N6O7S3. The van der Waals surface area contributed by atoms with Gasteiger partial charge in [0.25, 0.3) is 4.33 Å². The molecule has 0 saturated carbocycles. The number of rotatable bonds is 7. The molecule has 0 aromatic heterocycles. The molecule has 2 amide bonds. The van der Waals surface area contributed by atoms with Crippen molar-refractivity contribution in [3.8, 4) is 0 Å². The molecule has 0 fully saturated rings. The van der Waals surface area contributed by atoms with Crippen molar-refractivity contribution in [2.45, 2.75) is 10.6 Å². The number of carbonyl (C=O) groups excluding carboxylic acids is 1. The van der Waals surface area contributed by atoms with E-state index in [1.165, 1.54) is 0 Å². The van der Waals surface area contributed by atoms with Gasteiger partial charge in [-0.05, 0) is 0 Å². The average molecular weight is 382 g/mol. The van der Waals surface area contributed by atoms with E-state index in [4.69, 9.17) is 17.2 Å². The number of hydrogen-bond donors (Lipinski definition) is 5. The summed E-state index contributed by atoms with van der Waals surface area (Å²) in [5.74, 6) is 0. The van der Waals surface area contributed by atoms with E-state index in [1.807, 2.05) is 0 Å². The van der Waals surface area contributed by atoms with Gasteiger partial charge < -0.3 is 11.5 Å². The molecule has 0 rings (SSSR count). The van der Waals surface area contributed by atoms with Gasteiger partial charge in [-0.1, -0.05) is 0 Å². The Bertz CT molecular complexity index is 710. The Morgan fingerprint density at radius 2 is 1.41 bits per heavy atom. The van der Waals surface area contributed by atoms with Crippen molar-refractivity contribution in [2.75, 3.05) is 18.8 Å². The third kappa shape index (κ3) is 4.73. The lowest BCUT2D eigenvalue weighted by molar-refractivity contribution is 0.0960. The minimum Gasteiger partial charge on any atom is -0.351 e. The van der Waals surface area contributed by atoms with Crippen molar-refractivity contribution in [1.82, 2.24) is 15.2 Å². The fourth-order valence-electron chi connectivity index (χ4n) is 1.36. The minimum absolute atomic E-state index is 0.0128. The lowest BCUT2D eigenvalue weighted by Gasteiger charge is -2.39. The zero-order valence-corrected chi connectivity index (χ0v) is 14.3. The molecule has 0 saturated heterocycles. The van der Waals surface area contributed by atoms with Crippen LogP contribution in [0.25, 0.3) is 0 Å². The fraction of sp³-hybridized carbons (Fsp3) is 0.833. The van der Waals surface area contributed by atoms with E-state index >= 15 is 0 Å². The van der Waals surface area contributed by atoms with Gasteiger partial charge >= 0.3 is 6.03 Å². The summed E-state index contributed by atoms with van der Waals surface area (Å²) in [5.41, 5.74) is 17.2. The number of hydrogen-bond acceptors (Lipinski definition) is 10. The molecule has 0 aliphatic carbocycles. The highest BCUT2D eigenvalue weighted by molar-refractivity contribution is 8.09. The molecule has 132 valence electrons. The monoisotopic (exact) mass is 382 g/mol. The number of urea groups is 1. The van der Waals surface area contributed by atoms with Crippen LogP contribution in [0.4, 0.5) is 4.79 Å². The summed E-state index contributed by atoms with van der Waals surface area (Å²) < 4.78 is 68.0. The molecule has 1 unspecified atom stereocenters. The molecule has 0 aromatic rings. The Balaban J connectivity index is 6.32. The second-order valence-corrected chi connectivity index (χ2v) is 10.7. The van der Waals surface area contributed by atoms with Gasteiger partial charge in [-0.25, -0.2) is 30.0 Å². The molecule has 0 spiro atoms. The highest BCUT2D eigenvalue weighted by Gasteiger charge is 2.55.